The molecule has 1 fully saturated rings. The fraction of sp³-hybridized carbons (Fsp3) is 0.375. The molecule has 7 heteroatoms. The van der Waals surface area contributed by atoms with Gasteiger partial charge in [-0.25, -0.2) is 4.98 Å². The van der Waals surface area contributed by atoms with Gasteiger partial charge in [0.25, 0.3) is 5.91 Å². The number of nitrogens with two attached hydrogens (primary N) is 1. The zero-order chi connectivity index (χ0) is 28.6. The molecule has 4 rings (SSSR count). The van der Waals surface area contributed by atoms with Crippen molar-refractivity contribution < 1.29 is 9.53 Å². The highest BCUT2D eigenvalue weighted by Crippen LogP contribution is 2.26. The van der Waals surface area contributed by atoms with Gasteiger partial charge in [-0.1, -0.05) is 58.9 Å². The minimum Gasteiger partial charge on any atom is -0.501 e. The second-order valence-electron chi connectivity index (χ2n) is 8.58. The maximum Gasteiger partial charge on any atom is 0.256 e. The van der Waals surface area contributed by atoms with Crippen molar-refractivity contribution in [1.29, 1.82) is 0 Å². The molecule has 0 bridgehead atoms. The van der Waals surface area contributed by atoms with Crippen LogP contribution in [0.1, 0.15) is 51.4 Å². The Balaban J connectivity index is 0.00000127. The summed E-state index contributed by atoms with van der Waals surface area (Å²) in [7, 11) is 1.68. The summed E-state index contributed by atoms with van der Waals surface area (Å²) in [6, 6.07) is 9.52. The van der Waals surface area contributed by atoms with Gasteiger partial charge in [-0.2, -0.15) is 0 Å². The number of nitrogen functional groups attached to an aromatic ring is 1. The predicted molar refractivity (Wildman–Crippen MR) is 164 cm³/mol. The lowest BCUT2D eigenvalue weighted by Gasteiger charge is -2.34. The van der Waals surface area contributed by atoms with Gasteiger partial charge in [0.1, 0.15) is 5.82 Å². The zero-order valence-corrected chi connectivity index (χ0v) is 24.4. The first-order valence-corrected chi connectivity index (χ1v) is 14.0. The Kier molecular flexibility index (Phi) is 13.6. The molecular weight excluding hydrogens is 486 g/mol. The number of nitrogens with zero attached hydrogens (tertiary/aromatic N) is 3. The number of piperazine rings is 1. The summed E-state index contributed by atoms with van der Waals surface area (Å²) in [5.41, 5.74) is 10.2. The first-order chi connectivity index (χ1) is 19.1. The minimum atomic E-state index is -0.00868. The van der Waals surface area contributed by atoms with E-state index in [0.29, 0.717) is 11.3 Å². The Morgan fingerprint density at radius 1 is 1.03 bits per heavy atom. The molecule has 0 radical (unpaired) electrons. The first-order valence-electron chi connectivity index (χ1n) is 14.0. The molecule has 0 saturated carbocycles. The monoisotopic (exact) mass is 531 g/mol. The van der Waals surface area contributed by atoms with Crippen LogP contribution in [0.5, 0.6) is 0 Å². The Morgan fingerprint density at radius 3 is 2.36 bits per heavy atom. The lowest BCUT2D eigenvalue weighted by Crippen LogP contribution is -2.48. The zero-order valence-electron chi connectivity index (χ0n) is 24.4. The summed E-state index contributed by atoms with van der Waals surface area (Å²) in [6.07, 6.45) is 14.4. The highest BCUT2D eigenvalue weighted by Gasteiger charge is 2.23. The van der Waals surface area contributed by atoms with Crippen molar-refractivity contribution in [2.45, 2.75) is 41.0 Å². The number of carbonyl (C=O) groups is 1. The van der Waals surface area contributed by atoms with Crippen molar-refractivity contribution in [1.82, 2.24) is 14.8 Å². The number of rotatable bonds is 7. The van der Waals surface area contributed by atoms with Crippen LogP contribution < -0.4 is 11.1 Å². The summed E-state index contributed by atoms with van der Waals surface area (Å²) in [5, 5.41) is 3.21. The SMILES string of the molecule is CC.CC.CCN1CCN(C(=O)c2cc(-c3ccc(N/C=C/C4=CC=CC=C(OC)C4)nc3)ccc2N)CC1. The Labute approximate surface area is 234 Å². The van der Waals surface area contributed by atoms with E-state index in [0.717, 1.165) is 67.4 Å². The number of benzene rings is 1. The summed E-state index contributed by atoms with van der Waals surface area (Å²) in [6.45, 7) is 14.4. The van der Waals surface area contributed by atoms with E-state index in [-0.39, 0.29) is 5.91 Å². The number of aromatic nitrogens is 1. The van der Waals surface area contributed by atoms with Gasteiger partial charge >= 0.3 is 0 Å². The number of hydrogen-bond acceptors (Lipinski definition) is 6. The summed E-state index contributed by atoms with van der Waals surface area (Å²) < 4.78 is 5.36. The number of hydrogen-bond donors (Lipinski definition) is 2. The van der Waals surface area contributed by atoms with Gasteiger partial charge in [-0.3, -0.25) is 4.79 Å². The lowest BCUT2D eigenvalue weighted by atomic mass is 10.0. The molecule has 2 heterocycles. The Bertz CT molecular complexity index is 1160. The van der Waals surface area contributed by atoms with E-state index < -0.39 is 0 Å². The smallest absolute Gasteiger partial charge is 0.256 e. The van der Waals surface area contributed by atoms with Crippen LogP contribution >= 0.6 is 0 Å². The van der Waals surface area contributed by atoms with Gasteiger partial charge < -0.3 is 25.6 Å². The number of anilines is 2. The molecule has 7 nitrogen and oxygen atoms in total. The van der Waals surface area contributed by atoms with E-state index in [9.17, 15) is 4.79 Å². The summed E-state index contributed by atoms with van der Waals surface area (Å²) >= 11 is 0. The second-order valence-corrected chi connectivity index (χ2v) is 8.58. The topological polar surface area (TPSA) is 83.7 Å². The molecule has 3 N–H and O–H groups in total. The quantitative estimate of drug-likeness (QED) is 0.397. The molecule has 210 valence electrons. The van der Waals surface area contributed by atoms with E-state index in [1.54, 1.807) is 19.4 Å². The van der Waals surface area contributed by atoms with Crippen LogP contribution in [0.4, 0.5) is 11.5 Å². The maximum atomic E-state index is 13.1. The van der Waals surface area contributed by atoms with Gasteiger partial charge in [0.15, 0.2) is 0 Å². The first kappa shape index (κ1) is 31.4. The van der Waals surface area contributed by atoms with Gasteiger partial charge in [0.05, 0.1) is 18.4 Å². The number of methoxy groups -OCH3 is 1. The molecule has 1 aliphatic heterocycles. The number of amides is 1. The molecular formula is C32H45N5O2. The summed E-state index contributed by atoms with van der Waals surface area (Å²) in [5.74, 6) is 1.64. The van der Waals surface area contributed by atoms with Crippen molar-refractivity contribution >= 4 is 17.4 Å². The van der Waals surface area contributed by atoms with E-state index in [1.807, 2.05) is 87.4 Å². The molecule has 0 spiro atoms. The van der Waals surface area contributed by atoms with Crippen LogP contribution in [0.25, 0.3) is 11.1 Å². The standard InChI is InChI=1S/C28H33N5O2.2C2H6/c1-3-32-14-16-33(17-15-32)28(34)25-19-22(8-10-26(25)29)23-9-11-27(31-20-23)30-13-12-21-6-4-5-7-24(18-21)35-2;2*1-2/h4-13,19-20H,3,14-18,29H2,1-2H3,(H,30,31);2*1-2H3/b13-12+;;. The third-order valence-electron chi connectivity index (χ3n) is 6.36. The molecule has 2 aliphatic rings. The second kappa shape index (κ2) is 16.9. The number of likely N-dealkylation sites (N-methyl/N-ethyl adjacent to an activating group) is 1. The van der Waals surface area contributed by atoms with Gasteiger partial charge in [0.2, 0.25) is 0 Å². The van der Waals surface area contributed by atoms with Crippen LogP contribution in [-0.2, 0) is 4.74 Å². The van der Waals surface area contributed by atoms with E-state index >= 15 is 0 Å². The fourth-order valence-electron chi connectivity index (χ4n) is 4.16. The minimum absolute atomic E-state index is 0.00868. The van der Waals surface area contributed by atoms with E-state index in [2.05, 4.69) is 28.2 Å². The van der Waals surface area contributed by atoms with Crippen molar-refractivity contribution in [3.63, 3.8) is 0 Å². The van der Waals surface area contributed by atoms with Crippen LogP contribution in [0.3, 0.4) is 0 Å². The van der Waals surface area contributed by atoms with Crippen LogP contribution in [0.2, 0.25) is 0 Å². The van der Waals surface area contributed by atoms with E-state index in [4.69, 9.17) is 10.5 Å². The van der Waals surface area contributed by atoms with Crippen molar-refractivity contribution in [3.8, 4) is 11.1 Å². The predicted octanol–water partition coefficient (Wildman–Crippen LogP) is 6.50. The van der Waals surface area contributed by atoms with Gasteiger partial charge in [-0.05, 0) is 54.1 Å². The largest absolute Gasteiger partial charge is 0.501 e. The maximum absolute atomic E-state index is 13.1. The van der Waals surface area contributed by atoms with Crippen molar-refractivity contribution in [2.24, 2.45) is 0 Å². The molecule has 1 saturated heterocycles. The van der Waals surface area contributed by atoms with Crippen LogP contribution in [-0.4, -0.2) is 60.5 Å². The van der Waals surface area contributed by atoms with Crippen LogP contribution in [0.15, 0.2) is 84.4 Å². The molecule has 39 heavy (non-hydrogen) atoms. The molecule has 2 aromatic rings. The third-order valence-corrected chi connectivity index (χ3v) is 6.36. The summed E-state index contributed by atoms with van der Waals surface area (Å²) in [4.78, 5) is 21.9. The number of pyridine rings is 1. The van der Waals surface area contributed by atoms with Gasteiger partial charge in [0, 0.05) is 56.2 Å². The normalized spacial score (nSPS) is 15.2. The Morgan fingerprint density at radius 2 is 1.72 bits per heavy atom. The number of allylic oxidation sites excluding steroid dienone is 6. The third kappa shape index (κ3) is 9.14. The molecule has 0 unspecified atom stereocenters. The number of nitrogens with one attached hydrogen (secondary N) is 1. The average molecular weight is 532 g/mol. The van der Waals surface area contributed by atoms with Crippen molar-refractivity contribution in [2.75, 3.05) is 50.9 Å². The number of ether oxygens (including phenoxy) is 1. The average Bonchev–Trinajstić information content (AvgIpc) is 3.25. The van der Waals surface area contributed by atoms with Crippen LogP contribution in [0, 0.1) is 0 Å². The van der Waals surface area contributed by atoms with Crippen molar-refractivity contribution in [3.05, 3.63) is 90.0 Å². The lowest BCUT2D eigenvalue weighted by molar-refractivity contribution is 0.0644. The highest BCUT2D eigenvalue weighted by atomic mass is 16.5. The molecule has 1 aliphatic carbocycles. The molecule has 0 atom stereocenters. The number of carbonyl (C=O) groups excluding carboxylic acids is 1. The highest BCUT2D eigenvalue weighted by molar-refractivity contribution is 6.00. The Hall–Kier alpha value is -3.84. The molecule has 1 amide bonds. The van der Waals surface area contributed by atoms with Gasteiger partial charge in [-0.15, -0.1) is 0 Å². The molecule has 1 aromatic carbocycles. The molecule has 1 aromatic heterocycles. The fourth-order valence-corrected chi connectivity index (χ4v) is 4.16. The van der Waals surface area contributed by atoms with E-state index in [1.165, 1.54) is 0 Å².